The van der Waals surface area contributed by atoms with Gasteiger partial charge >= 0.3 is 0 Å². The number of hydrogen-bond acceptors (Lipinski definition) is 6. The predicted octanol–water partition coefficient (Wildman–Crippen LogP) is 3.01. The number of H-pyrrole nitrogens is 1. The van der Waals surface area contributed by atoms with Crippen LogP contribution in [-0.4, -0.2) is 35.3 Å². The first-order valence-corrected chi connectivity index (χ1v) is 7.01. The number of benzene rings is 1. The molecule has 6 nitrogen and oxygen atoms in total. The number of aromatic amines is 1. The molecule has 7 heteroatoms. The lowest BCUT2D eigenvalue weighted by molar-refractivity contribution is 0.288. The van der Waals surface area contributed by atoms with Crippen molar-refractivity contribution < 1.29 is 14.2 Å². The van der Waals surface area contributed by atoms with Gasteiger partial charge in [-0.3, -0.25) is 4.98 Å². The molecule has 0 amide bonds. The van der Waals surface area contributed by atoms with Gasteiger partial charge in [0.1, 0.15) is 5.82 Å². The van der Waals surface area contributed by atoms with E-state index in [0.29, 0.717) is 36.5 Å². The van der Waals surface area contributed by atoms with Crippen molar-refractivity contribution in [2.45, 2.75) is 13.8 Å². The SMILES string of the molecule is CCOc1ccc(-c2nc(=S)nc(OC)[nH]2)cc1OCC. The average Bonchev–Trinajstić information content (AvgIpc) is 2.48. The third-order valence-electron chi connectivity index (χ3n) is 2.64. The van der Waals surface area contributed by atoms with Crippen LogP contribution in [0.4, 0.5) is 0 Å². The quantitative estimate of drug-likeness (QED) is 0.827. The average molecular weight is 307 g/mol. The van der Waals surface area contributed by atoms with Crippen molar-refractivity contribution in [2.75, 3.05) is 20.3 Å². The summed E-state index contributed by atoms with van der Waals surface area (Å²) in [6, 6.07) is 5.88. The first-order valence-electron chi connectivity index (χ1n) is 6.60. The van der Waals surface area contributed by atoms with Gasteiger partial charge in [-0.15, -0.1) is 0 Å². The highest BCUT2D eigenvalue weighted by atomic mass is 32.1. The van der Waals surface area contributed by atoms with Crippen LogP contribution in [0.3, 0.4) is 0 Å². The molecule has 0 saturated carbocycles. The van der Waals surface area contributed by atoms with E-state index in [1.54, 1.807) is 0 Å². The van der Waals surface area contributed by atoms with Gasteiger partial charge in [0.05, 0.1) is 20.3 Å². The molecule has 0 fully saturated rings. The van der Waals surface area contributed by atoms with Gasteiger partial charge in [0, 0.05) is 5.56 Å². The van der Waals surface area contributed by atoms with E-state index in [-0.39, 0.29) is 4.77 Å². The Labute approximate surface area is 128 Å². The van der Waals surface area contributed by atoms with E-state index in [1.165, 1.54) is 7.11 Å². The maximum absolute atomic E-state index is 5.60. The predicted molar refractivity (Wildman–Crippen MR) is 81.5 cm³/mol. The molecular weight excluding hydrogens is 290 g/mol. The van der Waals surface area contributed by atoms with Crippen LogP contribution in [0.1, 0.15) is 13.8 Å². The molecule has 1 N–H and O–H groups in total. The molecule has 0 aliphatic carbocycles. The number of nitrogens with zero attached hydrogens (tertiary/aromatic N) is 2. The number of aromatic nitrogens is 3. The third-order valence-corrected chi connectivity index (χ3v) is 2.82. The van der Waals surface area contributed by atoms with Crippen LogP contribution in [0.15, 0.2) is 18.2 Å². The van der Waals surface area contributed by atoms with Gasteiger partial charge in [0.25, 0.3) is 6.01 Å². The standard InChI is InChI=1S/C14H17N3O3S/c1-4-19-10-7-6-9(8-11(10)20-5-2)12-15-13(18-3)17-14(21)16-12/h6-8H,4-5H2,1-3H3,(H,15,16,17,21). The van der Waals surface area contributed by atoms with Crippen molar-refractivity contribution in [1.29, 1.82) is 0 Å². The van der Waals surface area contributed by atoms with Gasteiger partial charge in [-0.1, -0.05) is 0 Å². The van der Waals surface area contributed by atoms with Crippen molar-refractivity contribution in [1.82, 2.24) is 15.0 Å². The van der Waals surface area contributed by atoms with Crippen LogP contribution in [-0.2, 0) is 0 Å². The summed E-state index contributed by atoms with van der Waals surface area (Å²) in [7, 11) is 1.52. The lowest BCUT2D eigenvalue weighted by Gasteiger charge is -2.12. The van der Waals surface area contributed by atoms with Crippen molar-refractivity contribution >= 4 is 12.2 Å². The molecule has 0 radical (unpaired) electrons. The zero-order valence-electron chi connectivity index (χ0n) is 12.2. The zero-order valence-corrected chi connectivity index (χ0v) is 13.0. The minimum atomic E-state index is 0.215. The van der Waals surface area contributed by atoms with Gasteiger partial charge < -0.3 is 14.2 Å². The summed E-state index contributed by atoms with van der Waals surface area (Å²) in [5.74, 6) is 1.92. The Hall–Kier alpha value is -2.15. The highest BCUT2D eigenvalue weighted by Gasteiger charge is 2.10. The lowest BCUT2D eigenvalue weighted by atomic mass is 10.2. The Morgan fingerprint density at radius 2 is 1.81 bits per heavy atom. The van der Waals surface area contributed by atoms with E-state index in [9.17, 15) is 0 Å². The van der Waals surface area contributed by atoms with Gasteiger partial charge in [0.2, 0.25) is 4.77 Å². The number of nitrogens with one attached hydrogen (secondary N) is 1. The summed E-state index contributed by atoms with van der Waals surface area (Å²) in [5.41, 5.74) is 0.814. The monoisotopic (exact) mass is 307 g/mol. The van der Waals surface area contributed by atoms with Crippen LogP contribution < -0.4 is 14.2 Å². The van der Waals surface area contributed by atoms with E-state index < -0.39 is 0 Å². The summed E-state index contributed by atoms with van der Waals surface area (Å²) in [5, 5.41) is 0. The van der Waals surface area contributed by atoms with Crippen molar-refractivity contribution in [2.24, 2.45) is 0 Å². The van der Waals surface area contributed by atoms with Crippen LogP contribution in [0.5, 0.6) is 17.5 Å². The Morgan fingerprint density at radius 1 is 1.10 bits per heavy atom. The maximum atomic E-state index is 5.60. The van der Waals surface area contributed by atoms with Crippen LogP contribution in [0.2, 0.25) is 0 Å². The molecular formula is C14H17N3O3S. The fourth-order valence-corrected chi connectivity index (χ4v) is 1.97. The van der Waals surface area contributed by atoms with Crippen LogP contribution in [0.25, 0.3) is 11.4 Å². The topological polar surface area (TPSA) is 69.3 Å². The van der Waals surface area contributed by atoms with Gasteiger partial charge in [0.15, 0.2) is 11.5 Å². The zero-order chi connectivity index (χ0) is 15.2. The Balaban J connectivity index is 2.46. The molecule has 21 heavy (non-hydrogen) atoms. The molecule has 0 saturated heterocycles. The Morgan fingerprint density at radius 3 is 2.48 bits per heavy atom. The van der Waals surface area contributed by atoms with E-state index >= 15 is 0 Å². The second kappa shape index (κ2) is 7.03. The second-order valence-corrected chi connectivity index (χ2v) is 4.38. The first kappa shape index (κ1) is 15.2. The van der Waals surface area contributed by atoms with Gasteiger partial charge in [-0.05, 0) is 44.3 Å². The summed E-state index contributed by atoms with van der Waals surface area (Å²) < 4.78 is 16.4. The molecule has 1 aromatic carbocycles. The van der Waals surface area contributed by atoms with E-state index in [1.807, 2.05) is 32.0 Å². The molecule has 0 aliphatic heterocycles. The van der Waals surface area contributed by atoms with Crippen molar-refractivity contribution in [3.8, 4) is 28.9 Å². The minimum Gasteiger partial charge on any atom is -0.490 e. The molecule has 0 aliphatic rings. The molecule has 1 aromatic heterocycles. The van der Waals surface area contributed by atoms with Crippen LogP contribution in [0, 0.1) is 4.77 Å². The molecule has 0 spiro atoms. The third kappa shape index (κ3) is 3.69. The maximum Gasteiger partial charge on any atom is 0.297 e. The highest BCUT2D eigenvalue weighted by Crippen LogP contribution is 2.31. The Kier molecular flexibility index (Phi) is 5.10. The molecule has 0 atom stereocenters. The minimum absolute atomic E-state index is 0.215. The Bertz CT molecular complexity index is 673. The molecule has 0 unspecified atom stereocenters. The number of rotatable bonds is 6. The fraction of sp³-hybridized carbons (Fsp3) is 0.357. The fourth-order valence-electron chi connectivity index (χ4n) is 1.80. The summed E-state index contributed by atoms with van der Waals surface area (Å²) in [6.07, 6.45) is 0. The molecule has 0 bridgehead atoms. The summed E-state index contributed by atoms with van der Waals surface area (Å²) >= 11 is 5.03. The number of methoxy groups -OCH3 is 1. The second-order valence-electron chi connectivity index (χ2n) is 4.02. The normalized spacial score (nSPS) is 10.2. The molecule has 112 valence electrons. The molecule has 2 rings (SSSR count). The lowest BCUT2D eigenvalue weighted by Crippen LogP contribution is -2.00. The van der Waals surface area contributed by atoms with Crippen LogP contribution >= 0.6 is 12.2 Å². The number of ether oxygens (including phenoxy) is 3. The summed E-state index contributed by atoms with van der Waals surface area (Å²) in [6.45, 7) is 4.97. The summed E-state index contributed by atoms with van der Waals surface area (Å²) in [4.78, 5) is 11.1. The van der Waals surface area contributed by atoms with Crippen molar-refractivity contribution in [3.05, 3.63) is 23.0 Å². The smallest absolute Gasteiger partial charge is 0.297 e. The van der Waals surface area contributed by atoms with Gasteiger partial charge in [-0.2, -0.15) is 4.98 Å². The van der Waals surface area contributed by atoms with E-state index in [2.05, 4.69) is 15.0 Å². The van der Waals surface area contributed by atoms with Crippen molar-refractivity contribution in [3.63, 3.8) is 0 Å². The van der Waals surface area contributed by atoms with E-state index in [0.717, 1.165) is 5.56 Å². The van der Waals surface area contributed by atoms with E-state index in [4.69, 9.17) is 26.4 Å². The molecule has 2 aromatic rings. The first-order chi connectivity index (χ1) is 10.2. The highest BCUT2D eigenvalue weighted by molar-refractivity contribution is 7.71. The van der Waals surface area contributed by atoms with Gasteiger partial charge in [-0.25, -0.2) is 4.98 Å². The molecule has 1 heterocycles. The largest absolute Gasteiger partial charge is 0.490 e. The number of hydrogen-bond donors (Lipinski definition) is 1.